The number of nitrogens with zero attached hydrogens (tertiary/aromatic N) is 4. The van der Waals surface area contributed by atoms with E-state index in [1.54, 1.807) is 18.6 Å². The summed E-state index contributed by atoms with van der Waals surface area (Å²) < 4.78 is 1.87. The third-order valence-corrected chi connectivity index (χ3v) is 2.28. The number of aromatic nitrogens is 4. The van der Waals surface area contributed by atoms with E-state index in [1.807, 2.05) is 10.8 Å². The Balaban J connectivity index is 2.31. The van der Waals surface area contributed by atoms with Crippen molar-refractivity contribution in [3.63, 3.8) is 0 Å². The van der Waals surface area contributed by atoms with Gasteiger partial charge in [-0.05, 0) is 6.42 Å². The zero-order valence-corrected chi connectivity index (χ0v) is 9.17. The highest BCUT2D eigenvalue weighted by Crippen LogP contribution is 2.07. The van der Waals surface area contributed by atoms with E-state index in [4.69, 9.17) is 5.11 Å². The van der Waals surface area contributed by atoms with Crippen molar-refractivity contribution >= 4 is 0 Å². The fourth-order valence-corrected chi connectivity index (χ4v) is 1.48. The van der Waals surface area contributed by atoms with Crippen LogP contribution in [0.2, 0.25) is 0 Å². The van der Waals surface area contributed by atoms with E-state index in [1.165, 1.54) is 0 Å². The molecule has 0 aliphatic heterocycles. The quantitative estimate of drug-likeness (QED) is 0.834. The Morgan fingerprint density at radius 3 is 2.62 bits per heavy atom. The minimum atomic E-state index is -0.0357. The van der Waals surface area contributed by atoms with Gasteiger partial charge in [-0.3, -0.25) is 4.57 Å². The second-order valence-electron chi connectivity index (χ2n) is 3.51. The van der Waals surface area contributed by atoms with Crippen LogP contribution in [-0.2, 0) is 13.0 Å². The van der Waals surface area contributed by atoms with Crippen LogP contribution in [0.5, 0.6) is 0 Å². The fourth-order valence-electron chi connectivity index (χ4n) is 1.48. The predicted octanol–water partition coefficient (Wildman–Crippen LogP) is 1.11. The highest BCUT2D eigenvalue weighted by molar-refractivity contribution is 5.17. The lowest BCUT2D eigenvalue weighted by molar-refractivity contribution is 0.281. The molecule has 2 aromatic rings. The smallest absolute Gasteiger partial charge is 0.235 e. The number of aliphatic hydroxyl groups excluding tert-OH is 1. The van der Waals surface area contributed by atoms with E-state index in [9.17, 15) is 0 Å². The summed E-state index contributed by atoms with van der Waals surface area (Å²) in [6.07, 6.45) is 8.77. The van der Waals surface area contributed by atoms with Crippen molar-refractivity contribution in [3.05, 3.63) is 36.2 Å². The Morgan fingerprint density at radius 2 is 2.00 bits per heavy atom. The van der Waals surface area contributed by atoms with Crippen molar-refractivity contribution in [1.82, 2.24) is 19.5 Å². The van der Waals surface area contributed by atoms with Gasteiger partial charge in [0, 0.05) is 36.8 Å². The molecule has 2 rings (SSSR count). The molecule has 0 aliphatic carbocycles. The first-order chi connectivity index (χ1) is 7.85. The van der Waals surface area contributed by atoms with Gasteiger partial charge < -0.3 is 5.11 Å². The highest BCUT2D eigenvalue weighted by atomic mass is 16.3. The second-order valence-corrected chi connectivity index (χ2v) is 3.51. The Morgan fingerprint density at radius 1 is 1.25 bits per heavy atom. The van der Waals surface area contributed by atoms with Gasteiger partial charge in [0.25, 0.3) is 0 Å². The van der Waals surface area contributed by atoms with Crippen molar-refractivity contribution in [2.45, 2.75) is 26.4 Å². The Kier molecular flexibility index (Phi) is 3.26. The van der Waals surface area contributed by atoms with Gasteiger partial charge in [0.15, 0.2) is 0 Å². The molecule has 5 nitrogen and oxygen atoms in total. The number of rotatable bonds is 4. The topological polar surface area (TPSA) is 63.8 Å². The summed E-state index contributed by atoms with van der Waals surface area (Å²) in [5.74, 6) is 1.55. The van der Waals surface area contributed by atoms with E-state index < -0.39 is 0 Å². The van der Waals surface area contributed by atoms with Gasteiger partial charge in [-0.15, -0.1) is 0 Å². The summed E-state index contributed by atoms with van der Waals surface area (Å²) >= 11 is 0. The maximum absolute atomic E-state index is 8.90. The van der Waals surface area contributed by atoms with Gasteiger partial charge in [0.1, 0.15) is 5.82 Å². The van der Waals surface area contributed by atoms with Crippen LogP contribution in [0.4, 0.5) is 0 Å². The molecule has 84 valence electrons. The van der Waals surface area contributed by atoms with Crippen LogP contribution in [0, 0.1) is 0 Å². The first-order valence-corrected chi connectivity index (χ1v) is 5.29. The number of imidazole rings is 1. The molecule has 0 radical (unpaired) electrons. The van der Waals surface area contributed by atoms with Crippen molar-refractivity contribution in [2.24, 2.45) is 0 Å². The predicted molar refractivity (Wildman–Crippen MR) is 59.1 cm³/mol. The number of hydrogen-bond acceptors (Lipinski definition) is 4. The van der Waals surface area contributed by atoms with Gasteiger partial charge in [0.05, 0.1) is 6.61 Å². The molecule has 0 atom stereocenters. The van der Waals surface area contributed by atoms with Crippen LogP contribution in [0.1, 0.15) is 24.7 Å². The summed E-state index contributed by atoms with van der Waals surface area (Å²) in [5, 5.41) is 8.90. The van der Waals surface area contributed by atoms with Crippen molar-refractivity contribution in [1.29, 1.82) is 0 Å². The van der Waals surface area contributed by atoms with Crippen LogP contribution >= 0.6 is 0 Å². The molecule has 0 bridgehead atoms. The lowest BCUT2D eigenvalue weighted by Gasteiger charge is -2.05. The average molecular weight is 218 g/mol. The largest absolute Gasteiger partial charge is 0.392 e. The molecule has 1 N–H and O–H groups in total. The first-order valence-electron chi connectivity index (χ1n) is 5.29. The Labute approximate surface area is 93.8 Å². The lowest BCUT2D eigenvalue weighted by Crippen LogP contribution is -2.05. The molecule has 2 aromatic heterocycles. The molecule has 16 heavy (non-hydrogen) atoms. The lowest BCUT2D eigenvalue weighted by atomic mass is 10.3. The summed E-state index contributed by atoms with van der Waals surface area (Å²) in [5.41, 5.74) is 0.709. The Hall–Kier alpha value is -1.75. The van der Waals surface area contributed by atoms with Gasteiger partial charge in [-0.25, -0.2) is 15.0 Å². The molecule has 5 heteroatoms. The van der Waals surface area contributed by atoms with Crippen molar-refractivity contribution in [2.75, 3.05) is 0 Å². The monoisotopic (exact) mass is 218 g/mol. The van der Waals surface area contributed by atoms with Crippen LogP contribution in [-0.4, -0.2) is 24.6 Å². The van der Waals surface area contributed by atoms with Crippen LogP contribution in [0.15, 0.2) is 24.8 Å². The van der Waals surface area contributed by atoms with E-state index >= 15 is 0 Å². The van der Waals surface area contributed by atoms with E-state index in [0.29, 0.717) is 11.5 Å². The normalized spacial score (nSPS) is 10.6. The number of aliphatic hydroxyl groups is 1. The van der Waals surface area contributed by atoms with Crippen molar-refractivity contribution < 1.29 is 5.11 Å². The summed E-state index contributed by atoms with van der Waals surface area (Å²) in [6.45, 7) is 2.07. The van der Waals surface area contributed by atoms with Crippen molar-refractivity contribution in [3.8, 4) is 5.95 Å². The first kappa shape index (κ1) is 10.8. The molecule has 2 heterocycles. The van der Waals surface area contributed by atoms with Gasteiger partial charge >= 0.3 is 0 Å². The molecule has 0 saturated heterocycles. The average Bonchev–Trinajstić information content (AvgIpc) is 2.78. The minimum Gasteiger partial charge on any atom is -0.392 e. The maximum Gasteiger partial charge on any atom is 0.235 e. The minimum absolute atomic E-state index is 0.0357. The zero-order chi connectivity index (χ0) is 11.4. The summed E-state index contributed by atoms with van der Waals surface area (Å²) in [7, 11) is 0. The van der Waals surface area contributed by atoms with E-state index in [0.717, 1.165) is 18.7 Å². The van der Waals surface area contributed by atoms with Crippen LogP contribution in [0.25, 0.3) is 5.95 Å². The molecular weight excluding hydrogens is 204 g/mol. The van der Waals surface area contributed by atoms with Crippen LogP contribution in [0.3, 0.4) is 0 Å². The molecule has 0 aliphatic rings. The molecule has 0 amide bonds. The second kappa shape index (κ2) is 4.85. The molecule has 0 aromatic carbocycles. The number of hydrogen-bond donors (Lipinski definition) is 1. The summed E-state index contributed by atoms with van der Waals surface area (Å²) in [6, 6.07) is 0. The SMILES string of the molecule is CCCc1nccn1-c1ncc(CO)cn1. The van der Waals surface area contributed by atoms with Gasteiger partial charge in [0.2, 0.25) is 5.95 Å². The molecule has 0 saturated carbocycles. The van der Waals surface area contributed by atoms with Gasteiger partial charge in [-0.1, -0.05) is 6.92 Å². The third-order valence-electron chi connectivity index (χ3n) is 2.28. The molecule has 0 fully saturated rings. The molecule has 0 unspecified atom stereocenters. The molecular formula is C11H14N4O. The Bertz CT molecular complexity index is 449. The zero-order valence-electron chi connectivity index (χ0n) is 9.17. The fraction of sp³-hybridized carbons (Fsp3) is 0.364. The van der Waals surface area contributed by atoms with E-state index in [2.05, 4.69) is 21.9 Å². The summed E-state index contributed by atoms with van der Waals surface area (Å²) in [4.78, 5) is 12.6. The number of aryl methyl sites for hydroxylation is 1. The van der Waals surface area contributed by atoms with Crippen LogP contribution < -0.4 is 0 Å². The van der Waals surface area contributed by atoms with Gasteiger partial charge in [-0.2, -0.15) is 0 Å². The maximum atomic E-state index is 8.90. The molecule has 0 spiro atoms. The standard InChI is InChI=1S/C11H14N4O/c1-2-3-10-12-4-5-15(10)11-13-6-9(8-16)7-14-11/h4-7,16H,2-3,8H2,1H3. The third kappa shape index (κ3) is 2.09. The van der Waals surface area contributed by atoms with E-state index in [-0.39, 0.29) is 6.61 Å². The highest BCUT2D eigenvalue weighted by Gasteiger charge is 2.06.